The number of anilines is 1. The molecule has 0 aromatic heterocycles. The maximum atomic E-state index is 12.4. The summed E-state index contributed by atoms with van der Waals surface area (Å²) in [6.45, 7) is 7.11. The molecule has 0 fully saturated rings. The molecule has 114 valence electrons. The zero-order chi connectivity index (χ0) is 15.4. The van der Waals surface area contributed by atoms with Gasteiger partial charge in [-0.2, -0.15) is 20.5 Å². The summed E-state index contributed by atoms with van der Waals surface area (Å²) in [7, 11) is -4.50. The predicted molar refractivity (Wildman–Crippen MR) is 80.3 cm³/mol. The van der Waals surface area contributed by atoms with Gasteiger partial charge in [-0.3, -0.25) is 0 Å². The molecule has 0 saturated carbocycles. The summed E-state index contributed by atoms with van der Waals surface area (Å²) in [6.07, 6.45) is 0. The summed E-state index contributed by atoms with van der Waals surface area (Å²) in [5.41, 5.74) is 0.715. The Morgan fingerprint density at radius 2 is 1.75 bits per heavy atom. The van der Waals surface area contributed by atoms with Crippen LogP contribution in [0, 0.1) is 0 Å². The maximum Gasteiger partial charge on any atom is 0.341 e. The molecule has 1 rings (SSSR count). The maximum absolute atomic E-state index is 12.4. The third kappa shape index (κ3) is 5.28. The number of nitrogens with one attached hydrogen (secondary N) is 1. The van der Waals surface area contributed by atoms with Crippen molar-refractivity contribution in [1.29, 1.82) is 0 Å². The van der Waals surface area contributed by atoms with E-state index in [0.717, 1.165) is 12.3 Å². The van der Waals surface area contributed by atoms with E-state index in [1.165, 1.54) is 24.3 Å². The zero-order valence-electron chi connectivity index (χ0n) is 11.7. The van der Waals surface area contributed by atoms with Crippen LogP contribution in [-0.4, -0.2) is 31.2 Å². The molecule has 0 saturated heterocycles. The van der Waals surface area contributed by atoms with Crippen LogP contribution in [0.25, 0.3) is 0 Å². The van der Waals surface area contributed by atoms with E-state index in [4.69, 9.17) is 0 Å². The number of benzene rings is 1. The Hall–Kier alpha value is -0.820. The van der Waals surface area contributed by atoms with Gasteiger partial charge in [0.1, 0.15) is 0 Å². The summed E-state index contributed by atoms with van der Waals surface area (Å²) in [5, 5.41) is 3.12. The molecule has 0 heterocycles. The Bertz CT molecular complexity index is 522. The number of alkyl halides is 2. The number of halogens is 2. The molecular formula is C13H19F2NO2S2. The molecule has 0 atom stereocenters. The molecule has 3 nitrogen and oxygen atoms in total. The van der Waals surface area contributed by atoms with Crippen LogP contribution >= 0.6 is 11.8 Å². The topological polar surface area (TPSA) is 46.2 Å². The van der Waals surface area contributed by atoms with Crippen molar-refractivity contribution in [3.05, 3.63) is 24.3 Å². The second-order valence-corrected chi connectivity index (χ2v) is 9.06. The van der Waals surface area contributed by atoms with Crippen LogP contribution in [0.2, 0.25) is 0 Å². The van der Waals surface area contributed by atoms with Crippen LogP contribution in [0.15, 0.2) is 29.2 Å². The fourth-order valence-corrected chi connectivity index (χ4v) is 2.96. The summed E-state index contributed by atoms with van der Waals surface area (Å²) in [6, 6.07) is 5.38. The first kappa shape index (κ1) is 17.2. The third-order valence-electron chi connectivity index (χ3n) is 2.38. The molecule has 0 aliphatic heterocycles. The molecule has 1 aromatic rings. The lowest BCUT2D eigenvalue weighted by atomic mass is 10.3. The van der Waals surface area contributed by atoms with Gasteiger partial charge in [-0.25, -0.2) is 8.42 Å². The van der Waals surface area contributed by atoms with Gasteiger partial charge in [0.2, 0.25) is 9.84 Å². The summed E-state index contributed by atoms with van der Waals surface area (Å²) in [5.74, 6) is -2.48. The van der Waals surface area contributed by atoms with Gasteiger partial charge < -0.3 is 5.32 Å². The molecule has 0 aliphatic rings. The van der Waals surface area contributed by atoms with Crippen LogP contribution in [0.4, 0.5) is 14.5 Å². The molecule has 20 heavy (non-hydrogen) atoms. The monoisotopic (exact) mass is 323 g/mol. The lowest BCUT2D eigenvalue weighted by Crippen LogP contribution is -2.13. The fraction of sp³-hybridized carbons (Fsp3) is 0.538. The molecule has 0 aliphatic carbocycles. The van der Waals surface area contributed by atoms with Crippen molar-refractivity contribution in [1.82, 2.24) is 0 Å². The van der Waals surface area contributed by atoms with E-state index < -0.39 is 15.6 Å². The molecule has 0 unspecified atom stereocenters. The first-order valence-electron chi connectivity index (χ1n) is 6.13. The van der Waals surface area contributed by atoms with Gasteiger partial charge in [-0.15, -0.1) is 0 Å². The second-order valence-electron chi connectivity index (χ2n) is 5.22. The number of sulfone groups is 1. The molecule has 7 heteroatoms. The summed E-state index contributed by atoms with van der Waals surface area (Å²) in [4.78, 5) is -0.359. The first-order valence-corrected chi connectivity index (χ1v) is 8.66. The second kappa shape index (κ2) is 6.76. The van der Waals surface area contributed by atoms with E-state index in [1.807, 2.05) is 0 Å². The third-order valence-corrected chi connectivity index (χ3v) is 5.06. The Kier molecular flexibility index (Phi) is 5.82. The van der Waals surface area contributed by atoms with E-state index >= 15 is 0 Å². The minimum atomic E-state index is -4.50. The highest BCUT2D eigenvalue weighted by Crippen LogP contribution is 2.23. The highest BCUT2D eigenvalue weighted by atomic mass is 32.2. The predicted octanol–water partition coefficient (Wildman–Crippen LogP) is 3.63. The van der Waals surface area contributed by atoms with Crippen molar-refractivity contribution in [3.8, 4) is 0 Å². The standard InChI is InChI=1S/C13H19F2NO2S2/c1-13(2,3)19-9-8-16-10-4-6-11(7-5-10)20(17,18)12(14)15/h4-7,12,16H,8-9H2,1-3H3. The molecule has 1 aromatic carbocycles. The van der Waals surface area contributed by atoms with Crippen LogP contribution in [0.1, 0.15) is 20.8 Å². The van der Waals surface area contributed by atoms with E-state index in [2.05, 4.69) is 26.1 Å². The van der Waals surface area contributed by atoms with Crippen molar-refractivity contribution in [2.24, 2.45) is 0 Å². The van der Waals surface area contributed by atoms with Crippen molar-refractivity contribution in [2.75, 3.05) is 17.6 Å². The van der Waals surface area contributed by atoms with Crippen molar-refractivity contribution >= 4 is 27.3 Å². The Morgan fingerprint density at radius 1 is 1.20 bits per heavy atom. The number of hydrogen-bond acceptors (Lipinski definition) is 4. The van der Waals surface area contributed by atoms with Gasteiger partial charge in [0.15, 0.2) is 0 Å². The normalized spacial score (nSPS) is 12.7. The number of rotatable bonds is 6. The molecule has 0 spiro atoms. The van der Waals surface area contributed by atoms with Gasteiger partial charge in [0.25, 0.3) is 0 Å². The molecule has 0 bridgehead atoms. The van der Waals surface area contributed by atoms with E-state index in [-0.39, 0.29) is 9.64 Å². The Morgan fingerprint density at radius 3 is 2.20 bits per heavy atom. The lowest BCUT2D eigenvalue weighted by Gasteiger charge is -2.17. The average Bonchev–Trinajstić information content (AvgIpc) is 2.34. The molecule has 0 radical (unpaired) electrons. The van der Waals surface area contributed by atoms with E-state index in [0.29, 0.717) is 5.69 Å². The Labute approximate surface area is 123 Å². The van der Waals surface area contributed by atoms with Gasteiger partial charge in [-0.05, 0) is 24.3 Å². The lowest BCUT2D eigenvalue weighted by molar-refractivity contribution is 0.234. The van der Waals surface area contributed by atoms with Gasteiger partial charge >= 0.3 is 5.76 Å². The summed E-state index contributed by atoms with van der Waals surface area (Å²) >= 11 is 1.81. The van der Waals surface area contributed by atoms with Crippen molar-refractivity contribution in [2.45, 2.75) is 36.2 Å². The molecule has 1 N–H and O–H groups in total. The Balaban J connectivity index is 2.56. The highest BCUT2D eigenvalue weighted by Gasteiger charge is 2.26. The fourth-order valence-electron chi connectivity index (χ4n) is 1.42. The SMILES string of the molecule is CC(C)(C)SCCNc1ccc(S(=O)(=O)C(F)F)cc1. The highest BCUT2D eigenvalue weighted by molar-refractivity contribution is 8.00. The van der Waals surface area contributed by atoms with E-state index in [9.17, 15) is 17.2 Å². The minimum Gasteiger partial charge on any atom is -0.384 e. The molecule has 0 amide bonds. The smallest absolute Gasteiger partial charge is 0.341 e. The van der Waals surface area contributed by atoms with Crippen LogP contribution in [-0.2, 0) is 9.84 Å². The quantitative estimate of drug-likeness (QED) is 0.812. The summed E-state index contributed by atoms with van der Waals surface area (Å²) < 4.78 is 47.4. The molecular weight excluding hydrogens is 304 g/mol. The first-order chi connectivity index (χ1) is 9.13. The average molecular weight is 323 g/mol. The van der Waals surface area contributed by atoms with Crippen molar-refractivity contribution < 1.29 is 17.2 Å². The van der Waals surface area contributed by atoms with Crippen LogP contribution in [0.3, 0.4) is 0 Å². The van der Waals surface area contributed by atoms with Gasteiger partial charge in [0, 0.05) is 22.7 Å². The van der Waals surface area contributed by atoms with Crippen LogP contribution in [0.5, 0.6) is 0 Å². The largest absolute Gasteiger partial charge is 0.384 e. The van der Waals surface area contributed by atoms with Gasteiger partial charge in [0.05, 0.1) is 4.90 Å². The number of hydrogen-bond donors (Lipinski definition) is 1. The minimum absolute atomic E-state index is 0.191. The van der Waals surface area contributed by atoms with Crippen molar-refractivity contribution in [3.63, 3.8) is 0 Å². The van der Waals surface area contributed by atoms with E-state index in [1.54, 1.807) is 11.8 Å². The number of thioether (sulfide) groups is 1. The van der Waals surface area contributed by atoms with Gasteiger partial charge in [-0.1, -0.05) is 20.8 Å². The zero-order valence-corrected chi connectivity index (χ0v) is 13.3. The van der Waals surface area contributed by atoms with Crippen LogP contribution < -0.4 is 5.32 Å².